The molecule has 0 saturated heterocycles. The maximum atomic E-state index is 12.1. The third kappa shape index (κ3) is 3.25. The number of nitrogens with zero attached hydrogens (tertiary/aromatic N) is 1. The molecule has 0 bridgehead atoms. The van der Waals surface area contributed by atoms with Crippen LogP contribution in [0.25, 0.3) is 22.6 Å². The second-order valence-electron chi connectivity index (χ2n) is 4.58. The Morgan fingerprint density at radius 1 is 1.13 bits per heavy atom. The average molecular weight is 323 g/mol. The molecule has 118 valence electrons. The molecule has 1 heterocycles. The van der Waals surface area contributed by atoms with Gasteiger partial charge in [0.15, 0.2) is 5.58 Å². The van der Waals surface area contributed by atoms with Gasteiger partial charge in [0, 0.05) is 5.56 Å². The predicted octanol–water partition coefficient (Wildman–Crippen LogP) is 4.09. The summed E-state index contributed by atoms with van der Waals surface area (Å²) in [5.41, 5.74) is 1.21. The van der Waals surface area contributed by atoms with Gasteiger partial charge in [0.1, 0.15) is 11.3 Å². The fraction of sp³-hybridized carbons (Fsp3) is 0.0667. The number of benzene rings is 2. The summed E-state index contributed by atoms with van der Waals surface area (Å²) in [7, 11) is 0. The van der Waals surface area contributed by atoms with Crippen molar-refractivity contribution in [1.82, 2.24) is 4.98 Å². The molecule has 0 unspecified atom stereocenters. The molecule has 1 aromatic heterocycles. The first-order valence-corrected chi connectivity index (χ1v) is 6.32. The topological polar surface area (TPSA) is 72.6 Å². The number of hydrogen-bond donors (Lipinski definition) is 1. The summed E-state index contributed by atoms with van der Waals surface area (Å²) in [6, 6.07) is 9.22. The maximum absolute atomic E-state index is 12.1. The van der Waals surface area contributed by atoms with Gasteiger partial charge in [0.2, 0.25) is 5.89 Å². The van der Waals surface area contributed by atoms with Crippen LogP contribution in [0.3, 0.4) is 0 Å². The molecule has 5 nitrogen and oxygen atoms in total. The predicted molar refractivity (Wildman–Crippen MR) is 73.1 cm³/mol. The number of carboxylic acid groups (broad SMARTS) is 1. The molecule has 3 rings (SSSR count). The summed E-state index contributed by atoms with van der Waals surface area (Å²) in [5, 5.41) is 8.92. The van der Waals surface area contributed by atoms with E-state index >= 15 is 0 Å². The number of carboxylic acids is 1. The fourth-order valence-electron chi connectivity index (χ4n) is 1.98. The number of halogens is 3. The van der Waals surface area contributed by atoms with Crippen molar-refractivity contribution in [2.24, 2.45) is 0 Å². The molecule has 1 N–H and O–H groups in total. The van der Waals surface area contributed by atoms with Gasteiger partial charge in [-0.15, -0.1) is 13.2 Å². The first kappa shape index (κ1) is 14.9. The van der Waals surface area contributed by atoms with Crippen LogP contribution in [0, 0.1) is 0 Å². The first-order chi connectivity index (χ1) is 10.8. The van der Waals surface area contributed by atoms with E-state index in [4.69, 9.17) is 9.52 Å². The van der Waals surface area contributed by atoms with Gasteiger partial charge in [-0.3, -0.25) is 0 Å². The van der Waals surface area contributed by atoms with E-state index in [2.05, 4.69) is 9.72 Å². The number of fused-ring (bicyclic) bond motifs is 1. The van der Waals surface area contributed by atoms with Gasteiger partial charge in [-0.05, 0) is 42.5 Å². The molecule has 3 aromatic rings. The molecule has 8 heteroatoms. The number of carbonyl (C=O) groups is 1. The Morgan fingerprint density at radius 3 is 2.43 bits per heavy atom. The number of ether oxygens (including phenoxy) is 1. The third-order valence-corrected chi connectivity index (χ3v) is 2.97. The summed E-state index contributed by atoms with van der Waals surface area (Å²) in [6.45, 7) is 0. The summed E-state index contributed by atoms with van der Waals surface area (Å²) < 4.78 is 45.5. The highest BCUT2D eigenvalue weighted by Gasteiger charge is 2.31. The maximum Gasteiger partial charge on any atom is 0.573 e. The van der Waals surface area contributed by atoms with E-state index in [1.165, 1.54) is 30.3 Å². The summed E-state index contributed by atoms with van der Waals surface area (Å²) >= 11 is 0. The van der Waals surface area contributed by atoms with Gasteiger partial charge in [-0.1, -0.05) is 0 Å². The Bertz CT molecular complexity index is 869. The van der Waals surface area contributed by atoms with Crippen LogP contribution in [0.1, 0.15) is 10.4 Å². The van der Waals surface area contributed by atoms with Crippen molar-refractivity contribution in [3.05, 3.63) is 48.0 Å². The largest absolute Gasteiger partial charge is 0.573 e. The SMILES string of the molecule is O=C(O)c1ccc2nc(-c3ccc(OC(F)(F)F)cc3)oc2c1. The van der Waals surface area contributed by atoms with E-state index in [-0.39, 0.29) is 22.8 Å². The van der Waals surface area contributed by atoms with Gasteiger partial charge < -0.3 is 14.3 Å². The van der Waals surface area contributed by atoms with Crippen LogP contribution in [0.2, 0.25) is 0 Å². The zero-order valence-corrected chi connectivity index (χ0v) is 11.3. The minimum absolute atomic E-state index is 0.0501. The van der Waals surface area contributed by atoms with Crippen molar-refractivity contribution in [1.29, 1.82) is 0 Å². The van der Waals surface area contributed by atoms with Gasteiger partial charge in [0.25, 0.3) is 0 Å². The lowest BCUT2D eigenvalue weighted by Gasteiger charge is -2.08. The van der Waals surface area contributed by atoms with Crippen LogP contribution in [0.15, 0.2) is 46.9 Å². The van der Waals surface area contributed by atoms with Crippen LogP contribution < -0.4 is 4.74 Å². The molecular weight excluding hydrogens is 315 g/mol. The van der Waals surface area contributed by atoms with E-state index < -0.39 is 12.3 Å². The van der Waals surface area contributed by atoms with Crippen LogP contribution >= 0.6 is 0 Å². The van der Waals surface area contributed by atoms with Crippen LogP contribution in [-0.2, 0) is 0 Å². The van der Waals surface area contributed by atoms with Crippen molar-refractivity contribution in [3.8, 4) is 17.2 Å². The summed E-state index contributed by atoms with van der Waals surface area (Å²) in [5.74, 6) is -1.29. The number of alkyl halides is 3. The summed E-state index contributed by atoms with van der Waals surface area (Å²) in [6.07, 6.45) is -4.76. The van der Waals surface area contributed by atoms with Gasteiger partial charge in [-0.25, -0.2) is 9.78 Å². The smallest absolute Gasteiger partial charge is 0.478 e. The molecule has 0 saturated carbocycles. The molecule has 0 aliphatic rings. The molecule has 23 heavy (non-hydrogen) atoms. The Labute approximate surface area is 126 Å². The summed E-state index contributed by atoms with van der Waals surface area (Å²) in [4.78, 5) is 15.1. The number of aromatic carboxylic acids is 1. The van der Waals surface area contributed by atoms with Crippen molar-refractivity contribution >= 4 is 17.1 Å². The monoisotopic (exact) mass is 323 g/mol. The van der Waals surface area contributed by atoms with Crippen molar-refractivity contribution in [2.45, 2.75) is 6.36 Å². The molecule has 0 aliphatic carbocycles. The number of aromatic nitrogens is 1. The molecule has 0 amide bonds. The zero-order chi connectivity index (χ0) is 16.6. The van der Waals surface area contributed by atoms with E-state index in [0.29, 0.717) is 11.1 Å². The third-order valence-electron chi connectivity index (χ3n) is 2.97. The number of oxazole rings is 1. The standard InChI is InChI=1S/C15H8F3NO4/c16-15(17,18)23-10-4-1-8(2-5-10)13-19-11-6-3-9(14(20)21)7-12(11)22-13/h1-7H,(H,20,21). The van der Waals surface area contributed by atoms with E-state index in [0.717, 1.165) is 12.1 Å². The van der Waals surface area contributed by atoms with Crippen LogP contribution in [0.5, 0.6) is 5.75 Å². The Kier molecular flexibility index (Phi) is 3.44. The van der Waals surface area contributed by atoms with E-state index in [9.17, 15) is 18.0 Å². The lowest BCUT2D eigenvalue weighted by molar-refractivity contribution is -0.274. The molecule has 0 aliphatic heterocycles. The minimum Gasteiger partial charge on any atom is -0.478 e. The highest BCUT2D eigenvalue weighted by molar-refractivity contribution is 5.92. The van der Waals surface area contributed by atoms with Crippen molar-refractivity contribution in [2.75, 3.05) is 0 Å². The highest BCUT2D eigenvalue weighted by Crippen LogP contribution is 2.28. The second-order valence-corrected chi connectivity index (χ2v) is 4.58. The molecule has 0 radical (unpaired) electrons. The molecule has 0 spiro atoms. The van der Waals surface area contributed by atoms with Crippen LogP contribution in [0.4, 0.5) is 13.2 Å². The Balaban J connectivity index is 1.92. The lowest BCUT2D eigenvalue weighted by Crippen LogP contribution is -2.16. The van der Waals surface area contributed by atoms with Crippen molar-refractivity contribution < 1.29 is 32.2 Å². The molecule has 0 fully saturated rings. The Hall–Kier alpha value is -3.03. The van der Waals surface area contributed by atoms with E-state index in [1.807, 2.05) is 0 Å². The zero-order valence-electron chi connectivity index (χ0n) is 11.3. The van der Waals surface area contributed by atoms with Crippen molar-refractivity contribution in [3.63, 3.8) is 0 Å². The van der Waals surface area contributed by atoms with E-state index in [1.54, 1.807) is 0 Å². The molecular formula is C15H8F3NO4. The molecule has 0 atom stereocenters. The first-order valence-electron chi connectivity index (χ1n) is 6.32. The number of hydrogen-bond acceptors (Lipinski definition) is 4. The quantitative estimate of drug-likeness (QED) is 0.786. The lowest BCUT2D eigenvalue weighted by atomic mass is 10.2. The number of rotatable bonds is 3. The molecule has 2 aromatic carbocycles. The van der Waals surface area contributed by atoms with Gasteiger partial charge in [0.05, 0.1) is 5.56 Å². The van der Waals surface area contributed by atoms with Gasteiger partial charge in [-0.2, -0.15) is 0 Å². The average Bonchev–Trinajstić information content (AvgIpc) is 2.89. The normalized spacial score (nSPS) is 11.6. The Morgan fingerprint density at radius 2 is 1.83 bits per heavy atom. The highest BCUT2D eigenvalue weighted by atomic mass is 19.4. The fourth-order valence-corrected chi connectivity index (χ4v) is 1.98. The second kappa shape index (κ2) is 5.31. The minimum atomic E-state index is -4.76. The van der Waals surface area contributed by atoms with Gasteiger partial charge >= 0.3 is 12.3 Å². The van der Waals surface area contributed by atoms with Crippen LogP contribution in [-0.4, -0.2) is 22.4 Å².